The van der Waals surface area contributed by atoms with Crippen LogP contribution < -0.4 is 5.32 Å². The van der Waals surface area contributed by atoms with Crippen molar-refractivity contribution >= 4 is 51.9 Å². The Morgan fingerprint density at radius 2 is 1.88 bits per heavy atom. The molecule has 1 amide bonds. The van der Waals surface area contributed by atoms with Crippen molar-refractivity contribution in [1.82, 2.24) is 10.2 Å². The van der Waals surface area contributed by atoms with E-state index in [1.807, 2.05) is 0 Å². The Kier molecular flexibility index (Phi) is 7.73. The van der Waals surface area contributed by atoms with Gasteiger partial charge in [-0.2, -0.15) is 0 Å². The minimum absolute atomic E-state index is 0.116. The van der Waals surface area contributed by atoms with Gasteiger partial charge in [0.1, 0.15) is 0 Å². The molecule has 0 saturated carbocycles. The summed E-state index contributed by atoms with van der Waals surface area (Å²) < 4.78 is 5.18. The van der Waals surface area contributed by atoms with E-state index in [0.29, 0.717) is 15.2 Å². The summed E-state index contributed by atoms with van der Waals surface area (Å²) in [6.45, 7) is 4.14. The molecule has 0 aliphatic rings. The van der Waals surface area contributed by atoms with Crippen LogP contribution in [0, 0.1) is 13.8 Å². The van der Waals surface area contributed by atoms with Gasteiger partial charge in [-0.25, -0.2) is 0 Å². The predicted molar refractivity (Wildman–Crippen MR) is 103 cm³/mol. The lowest BCUT2D eigenvalue weighted by molar-refractivity contribution is -0.137. The summed E-state index contributed by atoms with van der Waals surface area (Å²) in [5, 5.41) is 11.0. The minimum atomic E-state index is -0.325. The van der Waals surface area contributed by atoms with Crippen LogP contribution in [0.5, 0.6) is 0 Å². The van der Waals surface area contributed by atoms with Gasteiger partial charge in [0.2, 0.25) is 11.0 Å². The fourth-order valence-corrected chi connectivity index (χ4v) is 4.43. The maximum absolute atomic E-state index is 12.0. The number of esters is 1. The SMILES string of the molecule is COC(=O)CSc1nnc(NC(=O)CSCc2cc(C)cc(C)c2)s1. The molecule has 134 valence electrons. The monoisotopic (exact) mass is 397 g/mol. The molecular weight excluding hydrogens is 378 g/mol. The molecule has 1 aromatic heterocycles. The predicted octanol–water partition coefficient (Wildman–Crippen LogP) is 3.29. The second-order valence-electron chi connectivity index (χ2n) is 5.27. The number of aryl methyl sites for hydroxylation is 2. The number of hydrogen-bond acceptors (Lipinski definition) is 8. The summed E-state index contributed by atoms with van der Waals surface area (Å²) in [4.78, 5) is 23.1. The van der Waals surface area contributed by atoms with Gasteiger partial charge in [0.05, 0.1) is 18.6 Å². The van der Waals surface area contributed by atoms with E-state index in [-0.39, 0.29) is 17.6 Å². The number of hydrogen-bond donors (Lipinski definition) is 1. The topological polar surface area (TPSA) is 81.2 Å². The Bertz CT molecular complexity index is 729. The number of rotatable bonds is 8. The van der Waals surface area contributed by atoms with E-state index in [1.54, 1.807) is 11.8 Å². The fraction of sp³-hybridized carbons (Fsp3) is 0.375. The zero-order valence-corrected chi connectivity index (χ0v) is 16.6. The molecule has 0 aliphatic heterocycles. The summed E-state index contributed by atoms with van der Waals surface area (Å²) in [6, 6.07) is 6.40. The molecule has 1 N–H and O–H groups in total. The number of methoxy groups -OCH3 is 1. The van der Waals surface area contributed by atoms with Crippen molar-refractivity contribution in [2.45, 2.75) is 23.9 Å². The number of thioether (sulfide) groups is 2. The number of carbonyl (C=O) groups excluding carboxylic acids is 2. The molecule has 9 heteroatoms. The minimum Gasteiger partial charge on any atom is -0.468 e. The Hall–Kier alpha value is -1.58. The number of anilines is 1. The van der Waals surface area contributed by atoms with E-state index in [0.717, 1.165) is 5.75 Å². The van der Waals surface area contributed by atoms with Crippen molar-refractivity contribution in [2.24, 2.45) is 0 Å². The maximum Gasteiger partial charge on any atom is 0.316 e. The van der Waals surface area contributed by atoms with Crippen LogP contribution in [0.25, 0.3) is 0 Å². The summed E-state index contributed by atoms with van der Waals surface area (Å²) in [5.41, 5.74) is 3.67. The van der Waals surface area contributed by atoms with Crippen molar-refractivity contribution in [1.29, 1.82) is 0 Å². The second kappa shape index (κ2) is 9.79. The van der Waals surface area contributed by atoms with Gasteiger partial charge in [0.25, 0.3) is 0 Å². The smallest absolute Gasteiger partial charge is 0.316 e. The highest BCUT2D eigenvalue weighted by Crippen LogP contribution is 2.25. The molecule has 6 nitrogen and oxygen atoms in total. The summed E-state index contributed by atoms with van der Waals surface area (Å²) in [6.07, 6.45) is 0. The number of carbonyl (C=O) groups is 2. The van der Waals surface area contributed by atoms with Gasteiger partial charge in [-0.1, -0.05) is 52.4 Å². The first-order chi connectivity index (χ1) is 12.0. The molecule has 0 aliphatic carbocycles. The molecule has 0 fully saturated rings. The highest BCUT2D eigenvalue weighted by Gasteiger charge is 2.10. The lowest BCUT2D eigenvalue weighted by Crippen LogP contribution is -2.14. The third-order valence-electron chi connectivity index (χ3n) is 2.98. The molecule has 1 aromatic carbocycles. The van der Waals surface area contributed by atoms with E-state index in [4.69, 9.17) is 0 Å². The molecule has 0 saturated heterocycles. The van der Waals surface area contributed by atoms with E-state index < -0.39 is 0 Å². The molecule has 0 spiro atoms. The van der Waals surface area contributed by atoms with E-state index in [2.05, 4.69) is 52.3 Å². The Morgan fingerprint density at radius 1 is 1.16 bits per heavy atom. The zero-order valence-electron chi connectivity index (χ0n) is 14.2. The van der Waals surface area contributed by atoms with Gasteiger partial charge in [-0.15, -0.1) is 22.0 Å². The molecule has 1 heterocycles. The Labute approximate surface area is 159 Å². The lowest BCUT2D eigenvalue weighted by Gasteiger charge is -2.05. The molecule has 2 aromatic rings. The van der Waals surface area contributed by atoms with Crippen LogP contribution >= 0.6 is 34.9 Å². The largest absolute Gasteiger partial charge is 0.468 e. The number of amides is 1. The summed E-state index contributed by atoms with van der Waals surface area (Å²) >= 11 is 4.02. The van der Waals surface area contributed by atoms with Gasteiger partial charge in [-0.05, 0) is 19.4 Å². The highest BCUT2D eigenvalue weighted by molar-refractivity contribution is 8.01. The van der Waals surface area contributed by atoms with Crippen molar-refractivity contribution in [3.8, 4) is 0 Å². The van der Waals surface area contributed by atoms with Crippen LogP contribution in [-0.2, 0) is 20.1 Å². The number of ether oxygens (including phenoxy) is 1. The third-order valence-corrected chi connectivity index (χ3v) is 5.93. The molecule has 0 radical (unpaired) electrons. The summed E-state index contributed by atoms with van der Waals surface area (Å²) in [5.74, 6) is 0.859. The normalized spacial score (nSPS) is 10.5. The lowest BCUT2D eigenvalue weighted by atomic mass is 10.1. The van der Waals surface area contributed by atoms with E-state index >= 15 is 0 Å². The number of aromatic nitrogens is 2. The first-order valence-electron chi connectivity index (χ1n) is 7.44. The number of nitrogens with zero attached hydrogens (tertiary/aromatic N) is 2. The van der Waals surface area contributed by atoms with Crippen molar-refractivity contribution < 1.29 is 14.3 Å². The molecule has 2 rings (SSSR count). The zero-order chi connectivity index (χ0) is 18.2. The van der Waals surface area contributed by atoms with Crippen LogP contribution in [0.3, 0.4) is 0 Å². The molecular formula is C16H19N3O3S3. The fourth-order valence-electron chi connectivity index (χ4n) is 2.07. The average molecular weight is 398 g/mol. The molecule has 0 bridgehead atoms. The first-order valence-corrected chi connectivity index (χ1v) is 10.4. The maximum atomic E-state index is 12.0. The van der Waals surface area contributed by atoms with Crippen molar-refractivity contribution in [3.63, 3.8) is 0 Å². The van der Waals surface area contributed by atoms with Gasteiger partial charge in [-0.3, -0.25) is 14.9 Å². The molecule has 25 heavy (non-hydrogen) atoms. The van der Waals surface area contributed by atoms with E-state index in [9.17, 15) is 9.59 Å². The standard InChI is InChI=1S/C16H19N3O3S3/c1-10-4-11(2)6-12(5-10)7-23-8-13(20)17-15-18-19-16(25-15)24-9-14(21)22-3/h4-6H,7-9H2,1-3H3,(H,17,18,20). The van der Waals surface area contributed by atoms with Crippen molar-refractivity contribution in [3.05, 3.63) is 34.9 Å². The van der Waals surface area contributed by atoms with Crippen LogP contribution in [0.2, 0.25) is 0 Å². The van der Waals surface area contributed by atoms with Gasteiger partial charge in [0.15, 0.2) is 4.34 Å². The van der Waals surface area contributed by atoms with E-state index in [1.165, 1.54) is 46.9 Å². The second-order valence-corrected chi connectivity index (χ2v) is 8.46. The van der Waals surface area contributed by atoms with Gasteiger partial charge < -0.3 is 4.74 Å². The van der Waals surface area contributed by atoms with Crippen molar-refractivity contribution in [2.75, 3.05) is 23.9 Å². The van der Waals surface area contributed by atoms with Crippen LogP contribution in [-0.4, -0.2) is 40.7 Å². The quantitative estimate of drug-likeness (QED) is 0.416. The van der Waals surface area contributed by atoms with Gasteiger partial charge >= 0.3 is 5.97 Å². The van der Waals surface area contributed by atoms with Crippen LogP contribution in [0.1, 0.15) is 16.7 Å². The number of benzene rings is 1. The Balaban J connectivity index is 1.75. The van der Waals surface area contributed by atoms with Gasteiger partial charge in [0, 0.05) is 5.75 Å². The molecule has 0 atom stereocenters. The average Bonchev–Trinajstić information content (AvgIpc) is 2.99. The highest BCUT2D eigenvalue weighted by atomic mass is 32.2. The van der Waals surface area contributed by atoms with Crippen LogP contribution in [0.4, 0.5) is 5.13 Å². The number of nitrogens with one attached hydrogen (secondary N) is 1. The first kappa shape index (κ1) is 19.7. The Morgan fingerprint density at radius 3 is 2.56 bits per heavy atom. The summed E-state index contributed by atoms with van der Waals surface area (Å²) in [7, 11) is 1.34. The van der Waals surface area contributed by atoms with Crippen LogP contribution in [0.15, 0.2) is 22.5 Å². The third kappa shape index (κ3) is 7.05. The molecule has 0 unspecified atom stereocenters.